The van der Waals surface area contributed by atoms with Gasteiger partial charge < -0.3 is 20.3 Å². The first kappa shape index (κ1) is 31.9. The average molecular weight is 694 g/mol. The standard InChI is InChI=1S/C36H38ClFN4O5S/c37-30-4-2-1-3-26(30)18-40-34(44)25-7-12-31-29(17-25)36(13-15-39-16-14-36)33(24-5-6-24)42(31,48(45,46)28-10-8-27(38)9-11-28)19-32(43)41-20-35(21-41)22-47-23-35/h1-4,7-12,17,24,33,39H,5-6,13-16,18-23H2/p+1. The Bertz CT molecular complexity index is 1880. The summed E-state index contributed by atoms with van der Waals surface area (Å²) in [5.74, 6) is -0.977. The van der Waals surface area contributed by atoms with Crippen molar-refractivity contribution in [1.82, 2.24) is 19.4 Å². The number of halogens is 2. The van der Waals surface area contributed by atoms with Crippen LogP contribution in [-0.2, 0) is 31.5 Å². The van der Waals surface area contributed by atoms with Gasteiger partial charge in [-0.3, -0.25) is 9.59 Å². The van der Waals surface area contributed by atoms with Crippen molar-refractivity contribution in [2.45, 2.75) is 48.6 Å². The number of piperidine rings is 1. The van der Waals surface area contributed by atoms with Gasteiger partial charge in [0, 0.05) is 47.8 Å². The summed E-state index contributed by atoms with van der Waals surface area (Å²) in [5, 5.41) is 7.00. The number of hydrogen-bond acceptors (Lipinski definition) is 6. The van der Waals surface area contributed by atoms with Crippen LogP contribution in [0, 0.1) is 17.2 Å². The molecule has 3 saturated heterocycles. The van der Waals surface area contributed by atoms with Gasteiger partial charge in [0.15, 0.2) is 12.2 Å². The summed E-state index contributed by atoms with van der Waals surface area (Å²) < 4.78 is 49.7. The summed E-state index contributed by atoms with van der Waals surface area (Å²) >= 11 is 6.34. The Hall–Kier alpha value is -3.35. The summed E-state index contributed by atoms with van der Waals surface area (Å²) in [6, 6.07) is 17.1. The lowest BCUT2D eigenvalue weighted by atomic mass is 9.68. The van der Waals surface area contributed by atoms with E-state index in [-0.39, 0.29) is 41.1 Å². The van der Waals surface area contributed by atoms with Gasteiger partial charge in [-0.15, -0.1) is 0 Å². The predicted molar refractivity (Wildman–Crippen MR) is 179 cm³/mol. The molecule has 4 heterocycles. The van der Waals surface area contributed by atoms with Crippen LogP contribution in [0.4, 0.5) is 10.1 Å². The maximum atomic E-state index is 15.3. The van der Waals surface area contributed by atoms with Gasteiger partial charge in [-0.1, -0.05) is 29.8 Å². The number of amides is 2. The van der Waals surface area contributed by atoms with E-state index < -0.39 is 31.2 Å². The molecule has 9 nitrogen and oxygen atoms in total. The van der Waals surface area contributed by atoms with Gasteiger partial charge >= 0.3 is 10.0 Å². The second kappa shape index (κ2) is 11.6. The smallest absolute Gasteiger partial charge is 0.332 e. The summed E-state index contributed by atoms with van der Waals surface area (Å²) in [7, 11) is -4.31. The van der Waals surface area contributed by atoms with Crippen LogP contribution < -0.4 is 14.5 Å². The molecule has 2 amide bonds. The van der Waals surface area contributed by atoms with Crippen molar-refractivity contribution >= 4 is 39.1 Å². The van der Waals surface area contributed by atoms with Gasteiger partial charge in [0.25, 0.3) is 11.8 Å². The Kier molecular flexibility index (Phi) is 7.72. The number of ether oxygens (including phenoxy) is 1. The highest BCUT2D eigenvalue weighted by molar-refractivity contribution is 7.91. The van der Waals surface area contributed by atoms with Crippen molar-refractivity contribution in [3.05, 3.63) is 94.3 Å². The molecule has 4 aliphatic heterocycles. The van der Waals surface area contributed by atoms with Crippen LogP contribution in [0.2, 0.25) is 5.02 Å². The number of likely N-dealkylation sites (tertiary alicyclic amines) is 1. The fourth-order valence-electron chi connectivity index (χ4n) is 8.83. The molecule has 252 valence electrons. The van der Waals surface area contributed by atoms with Gasteiger partial charge in [-0.25, -0.2) is 4.39 Å². The lowest BCUT2D eigenvalue weighted by Crippen LogP contribution is -2.71. The maximum Gasteiger partial charge on any atom is 0.332 e. The highest BCUT2D eigenvalue weighted by atomic mass is 35.5. The highest BCUT2D eigenvalue weighted by Crippen LogP contribution is 2.62. The fraction of sp³-hybridized carbons (Fsp3) is 0.444. The molecule has 1 saturated carbocycles. The summed E-state index contributed by atoms with van der Waals surface area (Å²) in [4.78, 5) is 29.7. The molecule has 2 N–H and O–H groups in total. The van der Waals surface area contributed by atoms with Crippen LogP contribution in [0.1, 0.15) is 47.2 Å². The second-order valence-electron chi connectivity index (χ2n) is 14.3. The maximum absolute atomic E-state index is 15.3. The SMILES string of the molecule is O=C(NCc1ccccc1Cl)c1ccc2c(c1)C1(CCNCC1)C(C1CC1)[N+]2(CC(=O)N1CC2(COC2)C1)S(=O)(=O)c1ccc(F)cc1. The van der Waals surface area contributed by atoms with E-state index in [1.165, 1.54) is 12.1 Å². The van der Waals surface area contributed by atoms with Gasteiger partial charge in [0.2, 0.25) is 0 Å². The van der Waals surface area contributed by atoms with Crippen LogP contribution in [0.15, 0.2) is 71.6 Å². The van der Waals surface area contributed by atoms with Crippen molar-refractivity contribution in [2.75, 3.05) is 45.9 Å². The molecule has 12 heteroatoms. The molecule has 8 rings (SSSR count). The van der Waals surface area contributed by atoms with E-state index in [9.17, 15) is 14.0 Å². The van der Waals surface area contributed by atoms with Crippen LogP contribution in [0.25, 0.3) is 0 Å². The van der Waals surface area contributed by atoms with E-state index in [0.29, 0.717) is 68.5 Å². The molecule has 2 atom stereocenters. The number of nitrogens with zero attached hydrogens (tertiary/aromatic N) is 2. The summed E-state index contributed by atoms with van der Waals surface area (Å²) in [6.07, 6.45) is 3.05. The molecule has 3 aromatic carbocycles. The number of hydrogen-bond donors (Lipinski definition) is 2. The quantitative estimate of drug-likeness (QED) is 0.340. The molecular weight excluding hydrogens is 655 g/mol. The van der Waals surface area contributed by atoms with E-state index in [4.69, 9.17) is 16.3 Å². The van der Waals surface area contributed by atoms with E-state index in [0.717, 1.165) is 36.1 Å². The van der Waals surface area contributed by atoms with E-state index >= 15 is 8.42 Å². The normalized spacial score (nSPS) is 25.3. The molecule has 4 fully saturated rings. The average Bonchev–Trinajstić information content (AvgIpc) is 3.85. The Labute approximate surface area is 285 Å². The van der Waals surface area contributed by atoms with Crippen molar-refractivity contribution in [3.63, 3.8) is 0 Å². The molecule has 2 unspecified atom stereocenters. The van der Waals surface area contributed by atoms with E-state index in [2.05, 4.69) is 10.6 Å². The molecule has 1 aliphatic carbocycles. The Morgan fingerprint density at radius 2 is 1.73 bits per heavy atom. The fourth-order valence-corrected chi connectivity index (χ4v) is 11.3. The number of rotatable bonds is 8. The highest BCUT2D eigenvalue weighted by Gasteiger charge is 2.71. The number of quaternary nitrogens is 1. The third-order valence-electron chi connectivity index (χ3n) is 11.3. The van der Waals surface area contributed by atoms with E-state index in [1.54, 1.807) is 23.1 Å². The van der Waals surface area contributed by atoms with Gasteiger partial charge in [-0.05, 0) is 86.8 Å². The number of carbonyl (C=O) groups excluding carboxylic acids is 2. The molecule has 0 radical (unpaired) electrons. The Morgan fingerprint density at radius 3 is 2.38 bits per heavy atom. The Morgan fingerprint density at radius 1 is 1.02 bits per heavy atom. The first-order valence-electron chi connectivity index (χ1n) is 16.7. The van der Waals surface area contributed by atoms with Gasteiger partial charge in [0.05, 0.1) is 24.0 Å². The largest absolute Gasteiger partial charge is 0.380 e. The zero-order valence-corrected chi connectivity index (χ0v) is 28.2. The molecule has 0 aromatic heterocycles. The third-order valence-corrected chi connectivity index (χ3v) is 14.0. The van der Waals surface area contributed by atoms with Crippen LogP contribution in [-0.4, -0.2) is 77.1 Å². The summed E-state index contributed by atoms with van der Waals surface area (Å²) in [6.45, 7) is 3.65. The number of nitrogens with one attached hydrogen (secondary N) is 2. The third kappa shape index (κ3) is 4.92. The molecule has 2 spiro atoms. The lowest BCUT2D eigenvalue weighted by Gasteiger charge is -2.55. The number of benzene rings is 3. The molecular formula is C36H39ClFN4O5S+. The molecule has 0 bridgehead atoms. The minimum Gasteiger partial charge on any atom is -0.380 e. The van der Waals surface area contributed by atoms with Crippen molar-refractivity contribution in [2.24, 2.45) is 11.3 Å². The minimum atomic E-state index is -4.31. The zero-order chi connectivity index (χ0) is 33.3. The van der Waals surface area contributed by atoms with Crippen LogP contribution in [0.5, 0.6) is 0 Å². The van der Waals surface area contributed by atoms with E-state index in [1.807, 2.05) is 24.3 Å². The Balaban J connectivity index is 1.26. The first-order chi connectivity index (χ1) is 23.1. The summed E-state index contributed by atoms with van der Waals surface area (Å²) in [5.41, 5.74) is 1.95. The van der Waals surface area contributed by atoms with Crippen molar-refractivity contribution in [1.29, 1.82) is 0 Å². The number of fused-ring (bicyclic) bond motifs is 2. The second-order valence-corrected chi connectivity index (χ2v) is 16.8. The minimum absolute atomic E-state index is 0.0201. The van der Waals surface area contributed by atoms with Crippen LogP contribution in [0.3, 0.4) is 0 Å². The first-order valence-corrected chi connectivity index (χ1v) is 18.5. The molecule has 48 heavy (non-hydrogen) atoms. The monoisotopic (exact) mass is 693 g/mol. The van der Waals surface area contributed by atoms with Crippen LogP contribution >= 0.6 is 11.6 Å². The molecule has 3 aromatic rings. The van der Waals surface area contributed by atoms with Gasteiger partial charge in [-0.2, -0.15) is 12.3 Å². The zero-order valence-electron chi connectivity index (χ0n) is 26.6. The number of sulfonamides is 1. The topological polar surface area (TPSA) is 105 Å². The lowest BCUT2D eigenvalue weighted by molar-refractivity contribution is -0.195. The van der Waals surface area contributed by atoms with Gasteiger partial charge in [0.1, 0.15) is 16.8 Å². The number of carbonyl (C=O) groups is 2. The van der Waals surface area contributed by atoms with Crippen molar-refractivity contribution in [3.8, 4) is 0 Å². The predicted octanol–water partition coefficient (Wildman–Crippen LogP) is 4.38. The van der Waals surface area contributed by atoms with Crippen molar-refractivity contribution < 1.29 is 27.1 Å². The molecule has 5 aliphatic rings.